The average molecular weight is 273 g/mol. The number of nitrogens with one attached hydrogen (secondary N) is 1. The fourth-order valence-electron chi connectivity index (χ4n) is 3.32. The Morgan fingerprint density at radius 3 is 2.45 bits per heavy atom. The van der Waals surface area contributed by atoms with Gasteiger partial charge < -0.3 is 10.4 Å². The first-order valence-electron chi connectivity index (χ1n) is 8.21. The number of fused-ring (bicyclic) bond motifs is 1. The van der Waals surface area contributed by atoms with Gasteiger partial charge in [0.05, 0.1) is 6.10 Å². The van der Waals surface area contributed by atoms with Crippen LogP contribution < -0.4 is 5.32 Å². The van der Waals surface area contributed by atoms with Crippen LogP contribution >= 0.6 is 0 Å². The van der Waals surface area contributed by atoms with Gasteiger partial charge in [-0.15, -0.1) is 0 Å². The van der Waals surface area contributed by atoms with Crippen LogP contribution in [0.15, 0.2) is 18.2 Å². The van der Waals surface area contributed by atoms with E-state index in [1.807, 2.05) is 0 Å². The molecule has 2 nitrogen and oxygen atoms in total. The van der Waals surface area contributed by atoms with Crippen molar-refractivity contribution in [3.63, 3.8) is 0 Å². The molecule has 20 heavy (non-hydrogen) atoms. The molecule has 2 N–H and O–H groups in total. The van der Waals surface area contributed by atoms with Crippen LogP contribution in [-0.4, -0.2) is 17.2 Å². The van der Waals surface area contributed by atoms with Gasteiger partial charge in [0.25, 0.3) is 0 Å². The van der Waals surface area contributed by atoms with E-state index in [4.69, 9.17) is 0 Å². The minimum absolute atomic E-state index is 0.171. The van der Waals surface area contributed by atoms with E-state index in [0.29, 0.717) is 12.0 Å². The molecule has 0 saturated heterocycles. The van der Waals surface area contributed by atoms with Gasteiger partial charge in [-0.25, -0.2) is 0 Å². The maximum atomic E-state index is 10.8. The Morgan fingerprint density at radius 2 is 1.80 bits per heavy atom. The molecule has 0 amide bonds. The molecule has 2 atom stereocenters. The summed E-state index contributed by atoms with van der Waals surface area (Å²) >= 11 is 0. The SMILES string of the molecule is CC(C)C(NC1CC1)C(O)c1ccc2c(c1)CCCC2. The van der Waals surface area contributed by atoms with Gasteiger partial charge in [-0.2, -0.15) is 0 Å². The minimum Gasteiger partial charge on any atom is -0.387 e. The van der Waals surface area contributed by atoms with Crippen molar-refractivity contribution < 1.29 is 5.11 Å². The number of hydrogen-bond acceptors (Lipinski definition) is 2. The molecule has 1 fully saturated rings. The van der Waals surface area contributed by atoms with Gasteiger partial charge in [0.1, 0.15) is 0 Å². The van der Waals surface area contributed by atoms with Crippen LogP contribution in [0, 0.1) is 5.92 Å². The Morgan fingerprint density at radius 1 is 1.10 bits per heavy atom. The molecule has 2 unspecified atom stereocenters. The topological polar surface area (TPSA) is 32.3 Å². The molecule has 1 aromatic rings. The normalized spacial score (nSPS) is 21.6. The van der Waals surface area contributed by atoms with Crippen LogP contribution in [0.1, 0.15) is 62.3 Å². The monoisotopic (exact) mass is 273 g/mol. The summed E-state index contributed by atoms with van der Waals surface area (Å²) in [7, 11) is 0. The number of rotatable bonds is 5. The van der Waals surface area contributed by atoms with Crippen LogP contribution in [-0.2, 0) is 12.8 Å². The van der Waals surface area contributed by atoms with Gasteiger partial charge in [0.2, 0.25) is 0 Å². The molecule has 0 radical (unpaired) electrons. The molecule has 2 aliphatic rings. The zero-order valence-electron chi connectivity index (χ0n) is 12.7. The largest absolute Gasteiger partial charge is 0.387 e. The van der Waals surface area contributed by atoms with Crippen molar-refractivity contribution >= 4 is 0 Å². The minimum atomic E-state index is -0.386. The second-order valence-corrected chi connectivity index (χ2v) is 6.89. The van der Waals surface area contributed by atoms with Crippen molar-refractivity contribution in [3.05, 3.63) is 34.9 Å². The Hall–Kier alpha value is -0.860. The summed E-state index contributed by atoms with van der Waals surface area (Å²) in [5.74, 6) is 0.446. The number of benzene rings is 1. The van der Waals surface area contributed by atoms with Crippen LogP contribution in [0.3, 0.4) is 0 Å². The van der Waals surface area contributed by atoms with Gasteiger partial charge in [0, 0.05) is 12.1 Å². The molecular weight excluding hydrogens is 246 g/mol. The molecule has 0 aromatic heterocycles. The lowest BCUT2D eigenvalue weighted by molar-refractivity contribution is 0.104. The zero-order valence-corrected chi connectivity index (χ0v) is 12.7. The molecule has 1 saturated carbocycles. The standard InChI is InChI=1S/C18H27NO/c1-12(2)17(19-16-9-10-16)18(20)15-8-7-13-5-3-4-6-14(13)11-15/h7-8,11-12,16-20H,3-6,9-10H2,1-2H3. The lowest BCUT2D eigenvalue weighted by atomic mass is 9.87. The third kappa shape index (κ3) is 3.07. The number of hydrogen-bond donors (Lipinski definition) is 2. The predicted octanol–water partition coefficient (Wildman–Crippen LogP) is 3.38. The molecule has 3 rings (SSSR count). The molecule has 0 heterocycles. The highest BCUT2D eigenvalue weighted by Crippen LogP contribution is 2.30. The fourth-order valence-corrected chi connectivity index (χ4v) is 3.32. The van der Waals surface area contributed by atoms with E-state index >= 15 is 0 Å². The van der Waals surface area contributed by atoms with Crippen LogP contribution in [0.4, 0.5) is 0 Å². The fraction of sp³-hybridized carbons (Fsp3) is 0.667. The summed E-state index contributed by atoms with van der Waals surface area (Å²) in [5, 5.41) is 14.4. The first-order chi connectivity index (χ1) is 9.65. The van der Waals surface area contributed by atoms with Crippen LogP contribution in [0.2, 0.25) is 0 Å². The Labute approximate surface area is 122 Å². The highest BCUT2D eigenvalue weighted by Gasteiger charge is 2.31. The summed E-state index contributed by atoms with van der Waals surface area (Å²) in [5.41, 5.74) is 4.04. The quantitative estimate of drug-likeness (QED) is 0.862. The van der Waals surface area contributed by atoms with Crippen LogP contribution in [0.25, 0.3) is 0 Å². The van der Waals surface area contributed by atoms with Gasteiger partial charge in [-0.05, 0) is 61.1 Å². The molecule has 2 aliphatic carbocycles. The highest BCUT2D eigenvalue weighted by molar-refractivity contribution is 5.35. The smallest absolute Gasteiger partial charge is 0.0945 e. The first kappa shape index (κ1) is 14.1. The predicted molar refractivity (Wildman–Crippen MR) is 82.8 cm³/mol. The van der Waals surface area contributed by atoms with Crippen molar-refractivity contribution in [2.24, 2.45) is 5.92 Å². The Kier molecular flexibility index (Phi) is 4.13. The number of aliphatic hydroxyl groups excluding tert-OH is 1. The summed E-state index contributed by atoms with van der Waals surface area (Å²) in [4.78, 5) is 0. The van der Waals surface area contributed by atoms with Crippen molar-refractivity contribution in [3.8, 4) is 0 Å². The lowest BCUT2D eigenvalue weighted by Crippen LogP contribution is -2.40. The molecule has 1 aromatic carbocycles. The number of aliphatic hydroxyl groups is 1. The van der Waals surface area contributed by atoms with Gasteiger partial charge >= 0.3 is 0 Å². The Bertz CT molecular complexity index is 464. The summed E-state index contributed by atoms with van der Waals surface area (Å²) < 4.78 is 0. The molecule has 0 spiro atoms. The van der Waals surface area contributed by atoms with Crippen molar-refractivity contribution in [1.29, 1.82) is 0 Å². The first-order valence-corrected chi connectivity index (χ1v) is 8.21. The average Bonchev–Trinajstić information content (AvgIpc) is 3.27. The third-order valence-corrected chi connectivity index (χ3v) is 4.78. The van der Waals surface area contributed by atoms with E-state index in [1.54, 1.807) is 0 Å². The molecule has 110 valence electrons. The number of aryl methyl sites for hydroxylation is 2. The van der Waals surface area contributed by atoms with E-state index in [-0.39, 0.29) is 12.1 Å². The lowest BCUT2D eigenvalue weighted by Gasteiger charge is -2.29. The summed E-state index contributed by atoms with van der Waals surface area (Å²) in [6.07, 6.45) is 7.13. The van der Waals surface area contributed by atoms with Crippen molar-refractivity contribution in [2.45, 2.75) is 70.6 Å². The molecular formula is C18H27NO. The van der Waals surface area contributed by atoms with Crippen molar-refractivity contribution in [1.82, 2.24) is 5.32 Å². The molecule has 0 aliphatic heterocycles. The Balaban J connectivity index is 1.78. The van der Waals surface area contributed by atoms with E-state index in [9.17, 15) is 5.11 Å². The van der Waals surface area contributed by atoms with E-state index < -0.39 is 0 Å². The molecule has 2 heteroatoms. The maximum Gasteiger partial charge on any atom is 0.0945 e. The highest BCUT2D eigenvalue weighted by atomic mass is 16.3. The van der Waals surface area contributed by atoms with Crippen LogP contribution in [0.5, 0.6) is 0 Å². The maximum absolute atomic E-state index is 10.8. The van der Waals surface area contributed by atoms with Crippen molar-refractivity contribution in [2.75, 3.05) is 0 Å². The molecule has 0 bridgehead atoms. The summed E-state index contributed by atoms with van der Waals surface area (Å²) in [6, 6.07) is 7.43. The van der Waals surface area contributed by atoms with E-state index in [1.165, 1.54) is 49.7 Å². The van der Waals surface area contributed by atoms with E-state index in [0.717, 1.165) is 5.56 Å². The van der Waals surface area contributed by atoms with E-state index in [2.05, 4.69) is 37.4 Å². The third-order valence-electron chi connectivity index (χ3n) is 4.78. The van der Waals surface area contributed by atoms with Gasteiger partial charge in [0.15, 0.2) is 0 Å². The second-order valence-electron chi connectivity index (χ2n) is 6.89. The summed E-state index contributed by atoms with van der Waals surface area (Å²) in [6.45, 7) is 4.39. The second kappa shape index (κ2) is 5.87. The zero-order chi connectivity index (χ0) is 14.1. The van der Waals surface area contributed by atoms with Gasteiger partial charge in [-0.1, -0.05) is 32.0 Å². The van der Waals surface area contributed by atoms with Gasteiger partial charge in [-0.3, -0.25) is 0 Å².